The van der Waals surface area contributed by atoms with E-state index in [-0.39, 0.29) is 11.9 Å². The molecular weight excluding hydrogens is 336 g/mol. The van der Waals surface area contributed by atoms with E-state index in [1.165, 1.54) is 0 Å². The number of nitrogens with zero attached hydrogens (tertiary/aromatic N) is 1. The maximum Gasteiger partial charge on any atom is 0.270 e. The number of nitrogens with one attached hydrogen (secondary N) is 1. The molecule has 0 bridgehead atoms. The van der Waals surface area contributed by atoms with Gasteiger partial charge < -0.3 is 15.0 Å². The van der Waals surface area contributed by atoms with Gasteiger partial charge in [0.2, 0.25) is 0 Å². The summed E-state index contributed by atoms with van der Waals surface area (Å²) in [5.41, 5.74) is 2.04. The minimum atomic E-state index is -0.481. The number of para-hydroxylation sites is 1. The van der Waals surface area contributed by atoms with Crippen LogP contribution in [0, 0.1) is 6.92 Å². The van der Waals surface area contributed by atoms with Crippen molar-refractivity contribution >= 4 is 23.2 Å². The molecule has 4 nitrogen and oxygen atoms in total. The number of halogens is 1. The lowest BCUT2D eigenvalue weighted by Crippen LogP contribution is -2.70. The Bertz CT molecular complexity index is 733. The molecule has 1 fully saturated rings. The number of benzene rings is 2. The van der Waals surface area contributed by atoms with Crippen molar-refractivity contribution in [3.8, 4) is 5.75 Å². The van der Waals surface area contributed by atoms with Gasteiger partial charge in [0.05, 0.1) is 6.04 Å². The van der Waals surface area contributed by atoms with E-state index in [0.717, 1.165) is 24.2 Å². The Morgan fingerprint density at radius 2 is 1.88 bits per heavy atom. The van der Waals surface area contributed by atoms with Gasteiger partial charge in [0.15, 0.2) is 6.10 Å². The number of carbonyl (C=O) groups is 1. The second kappa shape index (κ2) is 7.89. The molecule has 2 aromatic rings. The highest BCUT2D eigenvalue weighted by molar-refractivity contribution is 6.30. The first kappa shape index (κ1) is 17.8. The normalized spacial score (nSPS) is 19.6. The van der Waals surface area contributed by atoms with Crippen molar-refractivity contribution in [3.05, 3.63) is 59.1 Å². The van der Waals surface area contributed by atoms with Gasteiger partial charge in [-0.2, -0.15) is 0 Å². The van der Waals surface area contributed by atoms with E-state index in [2.05, 4.69) is 12.2 Å². The van der Waals surface area contributed by atoms with Crippen LogP contribution in [0.2, 0.25) is 5.02 Å². The van der Waals surface area contributed by atoms with Crippen molar-refractivity contribution in [1.82, 2.24) is 5.32 Å². The predicted molar refractivity (Wildman–Crippen MR) is 101 cm³/mol. The molecule has 2 atom stereocenters. The van der Waals surface area contributed by atoms with Gasteiger partial charge >= 0.3 is 0 Å². The second-order valence-electron chi connectivity index (χ2n) is 6.26. The number of hydrogen-bond donors (Lipinski definition) is 1. The first-order chi connectivity index (χ1) is 12.1. The van der Waals surface area contributed by atoms with Gasteiger partial charge in [-0.15, -0.1) is 0 Å². The summed E-state index contributed by atoms with van der Waals surface area (Å²) in [6.07, 6.45) is 0.568. The molecule has 1 heterocycles. The van der Waals surface area contributed by atoms with Crippen LogP contribution >= 0.6 is 11.6 Å². The van der Waals surface area contributed by atoms with Crippen LogP contribution in [-0.4, -0.2) is 31.1 Å². The van der Waals surface area contributed by atoms with Crippen molar-refractivity contribution in [2.24, 2.45) is 0 Å². The number of amides is 1. The molecule has 25 heavy (non-hydrogen) atoms. The average Bonchev–Trinajstić information content (AvgIpc) is 2.62. The first-order valence-electron chi connectivity index (χ1n) is 8.63. The number of hydrogen-bond acceptors (Lipinski definition) is 3. The van der Waals surface area contributed by atoms with Crippen LogP contribution < -0.4 is 15.0 Å². The molecule has 0 aliphatic carbocycles. The Kier molecular flexibility index (Phi) is 5.61. The third-order valence-electron chi connectivity index (χ3n) is 4.39. The van der Waals surface area contributed by atoms with Gasteiger partial charge in [-0.3, -0.25) is 4.79 Å². The van der Waals surface area contributed by atoms with Gasteiger partial charge in [0.1, 0.15) is 5.75 Å². The third-order valence-corrected chi connectivity index (χ3v) is 4.65. The van der Waals surface area contributed by atoms with E-state index in [1.54, 1.807) is 24.3 Å². The van der Waals surface area contributed by atoms with Crippen molar-refractivity contribution < 1.29 is 9.53 Å². The smallest absolute Gasteiger partial charge is 0.270 e. The van der Waals surface area contributed by atoms with Crippen LogP contribution in [0.15, 0.2) is 48.5 Å². The van der Waals surface area contributed by atoms with Crippen molar-refractivity contribution in [3.63, 3.8) is 0 Å². The molecule has 0 aromatic heterocycles. The van der Waals surface area contributed by atoms with Crippen molar-refractivity contribution in [2.75, 3.05) is 18.0 Å². The number of aryl methyl sites for hydroxylation is 1. The Balaban J connectivity index is 1.79. The Hall–Kier alpha value is -2.04. The molecule has 5 heteroatoms. The maximum atomic E-state index is 12.8. The lowest BCUT2D eigenvalue weighted by Gasteiger charge is -2.47. The number of rotatable bonds is 7. The van der Waals surface area contributed by atoms with E-state index in [4.69, 9.17) is 16.3 Å². The largest absolute Gasteiger partial charge is 0.478 e. The second-order valence-corrected chi connectivity index (χ2v) is 6.70. The fourth-order valence-electron chi connectivity index (χ4n) is 3.06. The molecule has 2 aromatic carbocycles. The van der Waals surface area contributed by atoms with Crippen LogP contribution in [0.5, 0.6) is 5.75 Å². The zero-order valence-electron chi connectivity index (χ0n) is 14.5. The zero-order chi connectivity index (χ0) is 17.8. The van der Waals surface area contributed by atoms with Gasteiger partial charge in [0.25, 0.3) is 5.91 Å². The molecule has 0 radical (unpaired) electrons. The quantitative estimate of drug-likeness (QED) is 0.604. The average molecular weight is 359 g/mol. The summed E-state index contributed by atoms with van der Waals surface area (Å²) in [5.74, 6) is 0.653. The molecule has 2 unspecified atom stereocenters. The first-order valence-corrected chi connectivity index (χ1v) is 9.01. The van der Waals surface area contributed by atoms with Crippen LogP contribution in [0.25, 0.3) is 0 Å². The Morgan fingerprint density at radius 1 is 1.16 bits per heavy atom. The number of ether oxygens (including phenoxy) is 1. The fourth-order valence-corrected chi connectivity index (χ4v) is 3.19. The van der Waals surface area contributed by atoms with Crippen LogP contribution in [0.3, 0.4) is 0 Å². The highest BCUT2D eigenvalue weighted by Gasteiger charge is 2.50. The zero-order valence-corrected chi connectivity index (χ0v) is 15.3. The maximum absolute atomic E-state index is 12.8. The van der Waals surface area contributed by atoms with Crippen molar-refractivity contribution in [2.45, 2.75) is 32.4 Å². The van der Waals surface area contributed by atoms with E-state index in [9.17, 15) is 4.79 Å². The van der Waals surface area contributed by atoms with Crippen molar-refractivity contribution in [1.29, 1.82) is 0 Å². The standard InChI is InChI=1S/C20H23ClN2O2/c1-3-12-22-13-18-19(25-16-10-8-15(21)9-11-16)20(24)23(18)17-7-5-4-6-14(17)2/h4-11,18-19,22H,3,12-13H2,1-2H3. The molecule has 1 saturated heterocycles. The molecular formula is C20H23ClN2O2. The van der Waals surface area contributed by atoms with Gasteiger partial charge in [-0.1, -0.05) is 36.7 Å². The molecule has 1 aliphatic heterocycles. The predicted octanol–water partition coefficient (Wildman–Crippen LogP) is 3.81. The van der Waals surface area contributed by atoms with Crippen LogP contribution in [0.4, 0.5) is 5.69 Å². The van der Waals surface area contributed by atoms with E-state index >= 15 is 0 Å². The summed E-state index contributed by atoms with van der Waals surface area (Å²) in [4.78, 5) is 14.6. The molecule has 0 saturated carbocycles. The molecule has 1 amide bonds. The lowest BCUT2D eigenvalue weighted by atomic mass is 9.95. The number of carbonyl (C=O) groups excluding carboxylic acids is 1. The molecule has 1 N–H and O–H groups in total. The number of β-lactam (4-membered cyclic amide) rings is 1. The summed E-state index contributed by atoms with van der Waals surface area (Å²) in [7, 11) is 0. The minimum Gasteiger partial charge on any atom is -0.478 e. The molecule has 1 aliphatic rings. The summed E-state index contributed by atoms with van der Waals surface area (Å²) in [6.45, 7) is 5.76. The summed E-state index contributed by atoms with van der Waals surface area (Å²) in [6, 6.07) is 15.0. The monoisotopic (exact) mass is 358 g/mol. The van der Waals surface area contributed by atoms with E-state index < -0.39 is 6.10 Å². The Morgan fingerprint density at radius 3 is 2.56 bits per heavy atom. The van der Waals surface area contributed by atoms with Crippen LogP contribution in [-0.2, 0) is 4.79 Å². The molecule has 132 valence electrons. The van der Waals surface area contributed by atoms with Gasteiger partial charge in [-0.05, 0) is 55.8 Å². The summed E-state index contributed by atoms with van der Waals surface area (Å²) < 4.78 is 5.96. The van der Waals surface area contributed by atoms with E-state index in [1.807, 2.05) is 36.1 Å². The summed E-state index contributed by atoms with van der Waals surface area (Å²) >= 11 is 5.92. The van der Waals surface area contributed by atoms with Gasteiger partial charge in [0, 0.05) is 17.3 Å². The van der Waals surface area contributed by atoms with E-state index in [0.29, 0.717) is 17.3 Å². The fraction of sp³-hybridized carbons (Fsp3) is 0.350. The highest BCUT2D eigenvalue weighted by Crippen LogP contribution is 2.33. The Labute approximate surface area is 153 Å². The highest BCUT2D eigenvalue weighted by atomic mass is 35.5. The van der Waals surface area contributed by atoms with Crippen LogP contribution in [0.1, 0.15) is 18.9 Å². The lowest BCUT2D eigenvalue weighted by molar-refractivity contribution is -0.134. The third kappa shape index (κ3) is 3.80. The minimum absolute atomic E-state index is 0.00690. The molecule has 0 spiro atoms. The SMILES string of the molecule is CCCNCC1C(Oc2ccc(Cl)cc2)C(=O)N1c1ccccc1C. The topological polar surface area (TPSA) is 41.6 Å². The number of anilines is 1. The molecule has 3 rings (SSSR count). The summed E-state index contributed by atoms with van der Waals surface area (Å²) in [5, 5.41) is 4.05. The van der Waals surface area contributed by atoms with Gasteiger partial charge in [-0.25, -0.2) is 0 Å².